The largest absolute Gasteiger partial charge is 0.465 e. The van der Waals surface area contributed by atoms with Crippen molar-refractivity contribution in [3.8, 4) is 0 Å². The first-order valence-corrected chi connectivity index (χ1v) is 14.1. The van der Waals surface area contributed by atoms with Crippen LogP contribution in [0.25, 0.3) is 0 Å². The highest BCUT2D eigenvalue weighted by Gasteiger charge is 2.39. The molecule has 10 heteroatoms. The van der Waals surface area contributed by atoms with Crippen molar-refractivity contribution in [2.75, 3.05) is 13.1 Å². The molecule has 3 heterocycles. The van der Waals surface area contributed by atoms with Crippen LogP contribution in [0, 0.1) is 13.8 Å². The molecule has 10 nitrogen and oxygen atoms in total. The van der Waals surface area contributed by atoms with Crippen LogP contribution in [0.1, 0.15) is 75.2 Å². The molecule has 2 aromatic carbocycles. The summed E-state index contributed by atoms with van der Waals surface area (Å²) < 4.78 is 5.60. The van der Waals surface area contributed by atoms with Gasteiger partial charge in [0.2, 0.25) is 5.89 Å². The molecule has 1 aromatic heterocycles. The molecule has 0 radical (unpaired) electrons. The Labute approximate surface area is 239 Å². The van der Waals surface area contributed by atoms with E-state index in [0.29, 0.717) is 49.4 Å². The Hall–Kier alpha value is -4.18. The quantitative estimate of drug-likeness (QED) is 0.377. The Kier molecular flexibility index (Phi) is 8.39. The molecule has 2 aliphatic rings. The van der Waals surface area contributed by atoms with Crippen molar-refractivity contribution in [1.29, 1.82) is 0 Å². The van der Waals surface area contributed by atoms with Crippen molar-refractivity contribution in [3.05, 3.63) is 88.6 Å². The van der Waals surface area contributed by atoms with E-state index >= 15 is 0 Å². The maximum Gasteiger partial charge on any atom is 0.407 e. The normalized spacial score (nSPS) is 20.2. The Bertz CT molecular complexity index is 1410. The third-order valence-corrected chi connectivity index (χ3v) is 7.99. The summed E-state index contributed by atoms with van der Waals surface area (Å²) in [6, 6.07) is 12.9. The van der Waals surface area contributed by atoms with Crippen molar-refractivity contribution < 1.29 is 29.0 Å². The number of aliphatic hydroxyl groups is 1. The van der Waals surface area contributed by atoms with Gasteiger partial charge < -0.3 is 29.7 Å². The van der Waals surface area contributed by atoms with E-state index in [1.807, 2.05) is 44.2 Å². The average Bonchev–Trinajstić information content (AvgIpc) is 3.73. The van der Waals surface area contributed by atoms with E-state index in [4.69, 9.17) is 4.42 Å². The predicted molar refractivity (Wildman–Crippen MR) is 151 cm³/mol. The summed E-state index contributed by atoms with van der Waals surface area (Å²) in [6.45, 7) is 4.57. The monoisotopic (exact) mass is 560 g/mol. The number of amides is 3. The standard InChI is InChI=1S/C31H36N4O6/c1-19-14-22(17-23(15-19)30(38)34-12-7-11-26(34)29-32-20(2)18-41-29)28(37)33-24(16-21-8-4-3-5-9-21)27(36)25-10-6-13-35(25)31(39)40/h3-5,8-9,14-15,17-18,24-27,36H,6-7,10-13,16H2,1-2H3,(H,33,37)(H,39,40). The van der Waals surface area contributed by atoms with Gasteiger partial charge in [0.25, 0.3) is 11.8 Å². The van der Waals surface area contributed by atoms with E-state index in [1.165, 1.54) is 4.90 Å². The Morgan fingerprint density at radius 3 is 2.44 bits per heavy atom. The van der Waals surface area contributed by atoms with Crippen LogP contribution in [-0.2, 0) is 6.42 Å². The number of hydrogen-bond donors (Lipinski definition) is 3. The molecule has 216 valence electrons. The number of benzene rings is 2. The number of rotatable bonds is 8. The molecular formula is C31H36N4O6. The lowest BCUT2D eigenvalue weighted by Crippen LogP contribution is -2.54. The number of nitrogens with zero attached hydrogens (tertiary/aromatic N) is 3. The van der Waals surface area contributed by atoms with E-state index < -0.39 is 30.2 Å². The summed E-state index contributed by atoms with van der Waals surface area (Å²) in [4.78, 5) is 46.5. The molecule has 2 fully saturated rings. The van der Waals surface area contributed by atoms with Crippen LogP contribution in [0.3, 0.4) is 0 Å². The van der Waals surface area contributed by atoms with Gasteiger partial charge in [-0.2, -0.15) is 0 Å². The first-order chi connectivity index (χ1) is 19.7. The van der Waals surface area contributed by atoms with Crippen molar-refractivity contribution in [2.24, 2.45) is 0 Å². The number of aryl methyl sites for hydroxylation is 2. The van der Waals surface area contributed by atoms with Crippen LogP contribution < -0.4 is 5.32 Å². The molecule has 2 aliphatic heterocycles. The number of oxazole rings is 1. The minimum Gasteiger partial charge on any atom is -0.465 e. The fraction of sp³-hybridized carbons (Fsp3) is 0.419. The van der Waals surface area contributed by atoms with Gasteiger partial charge in [0.05, 0.1) is 23.9 Å². The van der Waals surface area contributed by atoms with Gasteiger partial charge in [0, 0.05) is 24.2 Å². The van der Waals surface area contributed by atoms with Gasteiger partial charge >= 0.3 is 6.09 Å². The average molecular weight is 561 g/mol. The van der Waals surface area contributed by atoms with Crippen LogP contribution in [0.5, 0.6) is 0 Å². The number of carboxylic acid groups (broad SMARTS) is 1. The van der Waals surface area contributed by atoms with Gasteiger partial charge in [-0.3, -0.25) is 9.59 Å². The van der Waals surface area contributed by atoms with E-state index in [2.05, 4.69) is 10.3 Å². The van der Waals surface area contributed by atoms with Crippen LogP contribution in [0.2, 0.25) is 0 Å². The summed E-state index contributed by atoms with van der Waals surface area (Å²) in [7, 11) is 0. The van der Waals surface area contributed by atoms with E-state index in [1.54, 1.807) is 29.4 Å². The summed E-state index contributed by atoms with van der Waals surface area (Å²) >= 11 is 0. The van der Waals surface area contributed by atoms with Crippen LogP contribution >= 0.6 is 0 Å². The molecule has 0 aliphatic carbocycles. The lowest BCUT2D eigenvalue weighted by atomic mass is 9.94. The SMILES string of the molecule is Cc1cc(C(=O)NC(Cc2ccccc2)C(O)C2CCCN2C(=O)O)cc(C(=O)N2CCCC2c2nc(C)co2)c1. The number of hydrogen-bond acceptors (Lipinski definition) is 6. The zero-order valence-electron chi connectivity index (χ0n) is 23.3. The summed E-state index contributed by atoms with van der Waals surface area (Å²) in [5.41, 5.74) is 3.08. The van der Waals surface area contributed by atoms with Gasteiger partial charge in [-0.1, -0.05) is 30.3 Å². The number of carbonyl (C=O) groups excluding carboxylic acids is 2. The minimum atomic E-state index is -1.11. The van der Waals surface area contributed by atoms with Gasteiger partial charge in [-0.05, 0) is 75.3 Å². The second-order valence-corrected chi connectivity index (χ2v) is 11.0. The number of aliphatic hydroxyl groups excluding tert-OH is 1. The molecule has 41 heavy (non-hydrogen) atoms. The Morgan fingerprint density at radius 2 is 1.73 bits per heavy atom. The summed E-state index contributed by atoms with van der Waals surface area (Å²) in [5.74, 6) is -0.132. The zero-order chi connectivity index (χ0) is 29.1. The van der Waals surface area contributed by atoms with Crippen LogP contribution in [0.15, 0.2) is 59.2 Å². The number of nitrogens with one attached hydrogen (secondary N) is 1. The molecule has 3 N–H and O–H groups in total. The first kappa shape index (κ1) is 28.4. The number of carbonyl (C=O) groups is 3. The molecular weight excluding hydrogens is 524 g/mol. The van der Waals surface area contributed by atoms with Crippen molar-refractivity contribution in [3.63, 3.8) is 0 Å². The second kappa shape index (κ2) is 12.1. The maximum absolute atomic E-state index is 13.6. The molecule has 3 aromatic rings. The molecule has 5 rings (SSSR count). The fourth-order valence-corrected chi connectivity index (χ4v) is 6.03. The molecule has 2 saturated heterocycles. The first-order valence-electron chi connectivity index (χ1n) is 14.1. The Morgan fingerprint density at radius 1 is 1.02 bits per heavy atom. The number of aromatic nitrogens is 1. The van der Waals surface area contributed by atoms with E-state index in [9.17, 15) is 24.6 Å². The van der Waals surface area contributed by atoms with Crippen molar-refractivity contribution in [2.45, 2.75) is 70.2 Å². The van der Waals surface area contributed by atoms with Crippen LogP contribution in [0.4, 0.5) is 4.79 Å². The highest BCUT2D eigenvalue weighted by atomic mass is 16.4. The predicted octanol–water partition coefficient (Wildman–Crippen LogP) is 4.11. The fourth-order valence-electron chi connectivity index (χ4n) is 6.03. The molecule has 0 saturated carbocycles. The highest BCUT2D eigenvalue weighted by molar-refractivity contribution is 6.00. The van der Waals surface area contributed by atoms with E-state index in [-0.39, 0.29) is 11.9 Å². The summed E-state index contributed by atoms with van der Waals surface area (Å²) in [6.07, 6.45) is 2.43. The number of likely N-dealkylation sites (tertiary alicyclic amines) is 2. The van der Waals surface area contributed by atoms with Crippen molar-refractivity contribution in [1.82, 2.24) is 20.1 Å². The minimum absolute atomic E-state index is 0.204. The molecule has 0 spiro atoms. The molecule has 4 atom stereocenters. The van der Waals surface area contributed by atoms with Gasteiger partial charge in [-0.25, -0.2) is 9.78 Å². The van der Waals surface area contributed by atoms with Gasteiger partial charge in [0.1, 0.15) is 12.3 Å². The third-order valence-electron chi connectivity index (χ3n) is 7.99. The van der Waals surface area contributed by atoms with Gasteiger partial charge in [0.15, 0.2) is 0 Å². The maximum atomic E-state index is 13.6. The van der Waals surface area contributed by atoms with Gasteiger partial charge in [-0.15, -0.1) is 0 Å². The Balaban J connectivity index is 1.38. The third kappa shape index (κ3) is 6.27. The lowest BCUT2D eigenvalue weighted by molar-refractivity contribution is 0.0412. The topological polar surface area (TPSA) is 136 Å². The highest BCUT2D eigenvalue weighted by Crippen LogP contribution is 2.33. The second-order valence-electron chi connectivity index (χ2n) is 11.0. The zero-order valence-corrected chi connectivity index (χ0v) is 23.3. The summed E-state index contributed by atoms with van der Waals surface area (Å²) in [5, 5.41) is 24.0. The molecule has 4 unspecified atom stereocenters. The van der Waals surface area contributed by atoms with Crippen LogP contribution in [-0.4, -0.2) is 74.2 Å². The van der Waals surface area contributed by atoms with E-state index in [0.717, 1.165) is 29.7 Å². The smallest absolute Gasteiger partial charge is 0.407 e. The molecule has 3 amide bonds. The lowest BCUT2D eigenvalue weighted by Gasteiger charge is -2.32. The molecule has 0 bridgehead atoms. The van der Waals surface area contributed by atoms with Crippen molar-refractivity contribution >= 4 is 17.9 Å².